The molecule has 0 saturated heterocycles. The van der Waals surface area contributed by atoms with E-state index in [0.29, 0.717) is 17.4 Å². The summed E-state index contributed by atoms with van der Waals surface area (Å²) in [6, 6.07) is 14.8. The lowest BCUT2D eigenvalue weighted by Crippen LogP contribution is -2.51. The third-order valence-electron chi connectivity index (χ3n) is 4.97. The number of nitrogens with zero attached hydrogens (tertiary/aromatic N) is 1. The van der Waals surface area contributed by atoms with E-state index in [1.54, 1.807) is 30.3 Å². The van der Waals surface area contributed by atoms with Gasteiger partial charge in [-0.15, -0.1) is 0 Å². The molecule has 0 saturated carbocycles. The van der Waals surface area contributed by atoms with Crippen molar-refractivity contribution in [1.29, 1.82) is 0 Å². The van der Waals surface area contributed by atoms with Crippen LogP contribution in [0.3, 0.4) is 0 Å². The van der Waals surface area contributed by atoms with Crippen molar-refractivity contribution in [3.05, 3.63) is 65.7 Å². The van der Waals surface area contributed by atoms with Crippen molar-refractivity contribution >= 4 is 29.5 Å². The van der Waals surface area contributed by atoms with E-state index in [1.165, 1.54) is 23.6 Å². The summed E-state index contributed by atoms with van der Waals surface area (Å²) >= 11 is 0. The van der Waals surface area contributed by atoms with E-state index in [2.05, 4.69) is 19.2 Å². The number of hydrogen-bond acceptors (Lipinski definition) is 5. The van der Waals surface area contributed by atoms with Gasteiger partial charge in [-0.3, -0.25) is 9.59 Å². The number of ether oxygens (including phenoxy) is 2. The van der Waals surface area contributed by atoms with Crippen LogP contribution in [-0.4, -0.2) is 44.1 Å². The van der Waals surface area contributed by atoms with E-state index in [-0.39, 0.29) is 12.5 Å². The maximum atomic E-state index is 12.7. The van der Waals surface area contributed by atoms with Gasteiger partial charge in [0.25, 0.3) is 11.8 Å². The Morgan fingerprint density at radius 2 is 1.87 bits per heavy atom. The Kier molecular flexibility index (Phi) is 7.07. The second-order valence-corrected chi connectivity index (χ2v) is 7.46. The van der Waals surface area contributed by atoms with Gasteiger partial charge in [0, 0.05) is 13.1 Å². The largest absolute Gasteiger partial charge is 0.477 e. The summed E-state index contributed by atoms with van der Waals surface area (Å²) in [5.41, 5.74) is 2.61. The average Bonchev–Trinajstić information content (AvgIpc) is 2.80. The van der Waals surface area contributed by atoms with Crippen LogP contribution in [-0.2, 0) is 19.1 Å². The molecule has 0 spiro atoms. The number of carbonyl (C=O) groups is 3. The lowest BCUT2D eigenvalue weighted by atomic mass is 10.0. The summed E-state index contributed by atoms with van der Waals surface area (Å²) in [6.07, 6.45) is 2.09. The third-order valence-corrected chi connectivity index (χ3v) is 4.97. The molecule has 1 aliphatic heterocycles. The molecule has 162 valence electrons. The molecular weight excluding hydrogens is 396 g/mol. The molecule has 1 aliphatic rings. The van der Waals surface area contributed by atoms with Crippen molar-refractivity contribution in [1.82, 2.24) is 5.32 Å². The summed E-state index contributed by atoms with van der Waals surface area (Å²) < 4.78 is 10.8. The molecule has 31 heavy (non-hydrogen) atoms. The lowest BCUT2D eigenvalue weighted by Gasteiger charge is -2.33. The monoisotopic (exact) mass is 422 g/mol. The van der Waals surface area contributed by atoms with Crippen LogP contribution >= 0.6 is 0 Å². The van der Waals surface area contributed by atoms with Crippen LogP contribution in [0.2, 0.25) is 0 Å². The molecular formula is C24H26N2O5. The van der Waals surface area contributed by atoms with E-state index >= 15 is 0 Å². The Morgan fingerprint density at radius 1 is 1.16 bits per heavy atom. The molecule has 3 rings (SSSR count). The number of carbonyl (C=O) groups excluding carboxylic acids is 3. The SMILES string of the molecule is CNC(=O)C1CN(C(=O)COC(=O)/C=C/c2ccc(C(C)C)cc2)c2ccccc2O1. The first-order valence-corrected chi connectivity index (χ1v) is 10.1. The summed E-state index contributed by atoms with van der Waals surface area (Å²) in [7, 11) is 1.50. The van der Waals surface area contributed by atoms with Crippen LogP contribution in [0, 0.1) is 0 Å². The van der Waals surface area contributed by atoms with Gasteiger partial charge in [-0.05, 0) is 35.3 Å². The molecule has 0 bridgehead atoms. The van der Waals surface area contributed by atoms with E-state index in [9.17, 15) is 14.4 Å². The molecule has 2 aromatic carbocycles. The number of para-hydroxylation sites is 2. The van der Waals surface area contributed by atoms with Gasteiger partial charge in [-0.1, -0.05) is 50.2 Å². The van der Waals surface area contributed by atoms with Gasteiger partial charge in [0.2, 0.25) is 0 Å². The highest BCUT2D eigenvalue weighted by Gasteiger charge is 2.33. The number of nitrogens with one attached hydrogen (secondary N) is 1. The van der Waals surface area contributed by atoms with Crippen LogP contribution in [0.5, 0.6) is 5.75 Å². The van der Waals surface area contributed by atoms with Crippen LogP contribution in [0.15, 0.2) is 54.6 Å². The summed E-state index contributed by atoms with van der Waals surface area (Å²) in [6.45, 7) is 3.82. The minimum Gasteiger partial charge on any atom is -0.477 e. The highest BCUT2D eigenvalue weighted by atomic mass is 16.5. The number of benzene rings is 2. The van der Waals surface area contributed by atoms with Gasteiger partial charge in [0.1, 0.15) is 5.75 Å². The number of hydrogen-bond donors (Lipinski definition) is 1. The van der Waals surface area contributed by atoms with E-state index in [0.717, 1.165) is 5.56 Å². The quantitative estimate of drug-likeness (QED) is 0.572. The summed E-state index contributed by atoms with van der Waals surface area (Å²) in [4.78, 5) is 38.2. The number of esters is 1. The number of rotatable bonds is 6. The minimum absolute atomic E-state index is 0.0328. The van der Waals surface area contributed by atoms with Gasteiger partial charge in [0.15, 0.2) is 12.7 Å². The molecule has 0 fully saturated rings. The van der Waals surface area contributed by atoms with Crippen molar-refractivity contribution in [2.24, 2.45) is 0 Å². The second kappa shape index (κ2) is 9.93. The molecule has 1 unspecified atom stereocenters. The van der Waals surface area contributed by atoms with E-state index < -0.39 is 24.6 Å². The van der Waals surface area contributed by atoms with Crippen LogP contribution in [0.1, 0.15) is 30.9 Å². The third kappa shape index (κ3) is 5.51. The zero-order chi connectivity index (χ0) is 22.4. The standard InChI is InChI=1S/C24H26N2O5/c1-16(2)18-11-8-17(9-12-18)10-13-23(28)30-15-22(27)26-14-21(24(29)25-3)31-20-7-5-4-6-19(20)26/h4-13,16,21H,14-15H2,1-3H3,(H,25,29)/b13-10+. The lowest BCUT2D eigenvalue weighted by molar-refractivity contribution is -0.143. The number of fused-ring (bicyclic) bond motifs is 1. The molecule has 1 N–H and O–H groups in total. The van der Waals surface area contributed by atoms with Crippen molar-refractivity contribution < 1.29 is 23.9 Å². The first kappa shape index (κ1) is 22.1. The van der Waals surface area contributed by atoms with E-state index in [4.69, 9.17) is 9.47 Å². The van der Waals surface area contributed by atoms with Gasteiger partial charge in [-0.2, -0.15) is 0 Å². The highest BCUT2D eigenvalue weighted by Crippen LogP contribution is 2.33. The molecule has 7 nitrogen and oxygen atoms in total. The van der Waals surface area contributed by atoms with Gasteiger partial charge in [0.05, 0.1) is 12.2 Å². The predicted molar refractivity (Wildman–Crippen MR) is 118 cm³/mol. The number of anilines is 1. The Balaban J connectivity index is 1.61. The zero-order valence-electron chi connectivity index (χ0n) is 17.8. The normalized spacial score (nSPS) is 15.4. The summed E-state index contributed by atoms with van der Waals surface area (Å²) in [5, 5.41) is 2.52. The van der Waals surface area contributed by atoms with Crippen LogP contribution in [0.25, 0.3) is 6.08 Å². The molecule has 1 heterocycles. The van der Waals surface area contributed by atoms with Crippen molar-refractivity contribution in [3.63, 3.8) is 0 Å². The predicted octanol–water partition coefficient (Wildman–Crippen LogP) is 2.91. The van der Waals surface area contributed by atoms with Crippen LogP contribution < -0.4 is 15.0 Å². The van der Waals surface area contributed by atoms with Crippen LogP contribution in [0.4, 0.5) is 5.69 Å². The summed E-state index contributed by atoms with van der Waals surface area (Å²) in [5.74, 6) is -0.539. The van der Waals surface area contributed by atoms with Crippen molar-refractivity contribution in [3.8, 4) is 5.75 Å². The Hall–Kier alpha value is -3.61. The second-order valence-electron chi connectivity index (χ2n) is 7.46. The fourth-order valence-corrected chi connectivity index (χ4v) is 3.18. The first-order chi connectivity index (χ1) is 14.9. The molecule has 1 atom stereocenters. The number of amides is 2. The molecule has 0 radical (unpaired) electrons. The molecule has 7 heteroatoms. The maximum absolute atomic E-state index is 12.7. The molecule has 0 aliphatic carbocycles. The Bertz CT molecular complexity index is 982. The zero-order valence-corrected chi connectivity index (χ0v) is 17.8. The molecule has 0 aromatic heterocycles. The Labute approximate surface area is 181 Å². The average molecular weight is 422 g/mol. The first-order valence-electron chi connectivity index (χ1n) is 10.1. The fourth-order valence-electron chi connectivity index (χ4n) is 3.18. The van der Waals surface area contributed by atoms with Crippen molar-refractivity contribution in [2.75, 3.05) is 25.1 Å². The smallest absolute Gasteiger partial charge is 0.331 e. The highest BCUT2D eigenvalue weighted by molar-refractivity contribution is 5.99. The minimum atomic E-state index is -0.840. The van der Waals surface area contributed by atoms with Crippen molar-refractivity contribution in [2.45, 2.75) is 25.9 Å². The van der Waals surface area contributed by atoms with E-state index in [1.807, 2.05) is 24.3 Å². The number of likely N-dealkylation sites (N-methyl/N-ethyl adjacent to an activating group) is 1. The van der Waals surface area contributed by atoms with Gasteiger partial charge < -0.3 is 19.7 Å². The molecule has 2 amide bonds. The Morgan fingerprint density at radius 3 is 2.55 bits per heavy atom. The topological polar surface area (TPSA) is 84.9 Å². The fraction of sp³-hybridized carbons (Fsp3) is 0.292. The maximum Gasteiger partial charge on any atom is 0.331 e. The van der Waals surface area contributed by atoms with Gasteiger partial charge in [-0.25, -0.2) is 4.79 Å². The molecule has 2 aromatic rings. The van der Waals surface area contributed by atoms with Gasteiger partial charge >= 0.3 is 5.97 Å².